The van der Waals surface area contributed by atoms with Crippen LogP contribution in [0.4, 0.5) is 5.69 Å². The van der Waals surface area contributed by atoms with Crippen molar-refractivity contribution in [1.29, 1.82) is 5.26 Å². The van der Waals surface area contributed by atoms with Gasteiger partial charge in [-0.2, -0.15) is 5.26 Å². The lowest BCUT2D eigenvalue weighted by Gasteiger charge is -2.19. The molecule has 0 spiro atoms. The molecule has 0 bridgehead atoms. The molecule has 0 heterocycles. The summed E-state index contributed by atoms with van der Waals surface area (Å²) in [7, 11) is -3.65. The second kappa shape index (κ2) is 7.98. The molecule has 116 valence electrons. The maximum Gasteiger partial charge on any atom is 0.242 e. The predicted octanol–water partition coefficient (Wildman–Crippen LogP) is 1.15. The molecular formula is C14H22N4O2S. The van der Waals surface area contributed by atoms with Crippen LogP contribution in [0.2, 0.25) is 0 Å². The highest BCUT2D eigenvalue weighted by atomic mass is 32.2. The van der Waals surface area contributed by atoms with Crippen LogP contribution in [0.15, 0.2) is 23.1 Å². The van der Waals surface area contributed by atoms with E-state index < -0.39 is 10.0 Å². The molecular weight excluding hydrogens is 288 g/mol. The highest BCUT2D eigenvalue weighted by Crippen LogP contribution is 2.19. The number of nitrogens with zero attached hydrogens (tertiary/aromatic N) is 2. The number of anilines is 1. The molecule has 6 nitrogen and oxygen atoms in total. The van der Waals surface area contributed by atoms with Gasteiger partial charge in [0.15, 0.2) is 0 Å². The van der Waals surface area contributed by atoms with Gasteiger partial charge < -0.3 is 10.6 Å². The Morgan fingerprint density at radius 3 is 2.57 bits per heavy atom. The van der Waals surface area contributed by atoms with Crippen LogP contribution < -0.4 is 10.5 Å². The average Bonchev–Trinajstić information content (AvgIpc) is 2.45. The van der Waals surface area contributed by atoms with Gasteiger partial charge in [0.25, 0.3) is 0 Å². The zero-order valence-corrected chi connectivity index (χ0v) is 13.3. The second-order valence-corrected chi connectivity index (χ2v) is 6.43. The maximum atomic E-state index is 12.2. The van der Waals surface area contributed by atoms with Crippen LogP contribution in [0.25, 0.3) is 0 Å². The van der Waals surface area contributed by atoms with Crippen molar-refractivity contribution in [2.75, 3.05) is 31.9 Å². The van der Waals surface area contributed by atoms with Crippen molar-refractivity contribution >= 4 is 15.7 Å². The molecule has 21 heavy (non-hydrogen) atoms. The predicted molar refractivity (Wildman–Crippen MR) is 83.2 cm³/mol. The summed E-state index contributed by atoms with van der Waals surface area (Å²) in [6.45, 7) is 6.94. The second-order valence-electron chi connectivity index (χ2n) is 4.70. The largest absolute Gasteiger partial charge is 0.398 e. The highest BCUT2D eigenvalue weighted by Gasteiger charge is 2.17. The first kappa shape index (κ1) is 17.4. The molecule has 0 saturated heterocycles. The van der Waals surface area contributed by atoms with E-state index in [9.17, 15) is 8.42 Å². The van der Waals surface area contributed by atoms with Gasteiger partial charge in [0.2, 0.25) is 10.0 Å². The van der Waals surface area contributed by atoms with Crippen molar-refractivity contribution in [3.8, 4) is 6.07 Å². The molecule has 1 rings (SSSR count). The first-order chi connectivity index (χ1) is 9.94. The summed E-state index contributed by atoms with van der Waals surface area (Å²) in [5, 5.41) is 8.76. The van der Waals surface area contributed by atoms with E-state index >= 15 is 0 Å². The number of nitrogens with two attached hydrogens (primary N) is 1. The zero-order chi connectivity index (χ0) is 15.9. The third-order valence-corrected chi connectivity index (χ3v) is 4.67. The Labute approximate surface area is 126 Å². The Kier molecular flexibility index (Phi) is 6.62. The van der Waals surface area contributed by atoms with Gasteiger partial charge in [-0.1, -0.05) is 13.8 Å². The number of nitrogen functional groups attached to an aromatic ring is 1. The minimum absolute atomic E-state index is 0.0139. The van der Waals surface area contributed by atoms with Crippen molar-refractivity contribution in [1.82, 2.24) is 9.62 Å². The lowest BCUT2D eigenvalue weighted by atomic mass is 10.2. The third-order valence-electron chi connectivity index (χ3n) is 3.14. The van der Waals surface area contributed by atoms with Gasteiger partial charge >= 0.3 is 0 Å². The molecule has 0 aliphatic heterocycles. The molecule has 0 unspecified atom stereocenters. The number of nitrogens with one attached hydrogen (secondary N) is 1. The fourth-order valence-electron chi connectivity index (χ4n) is 2.02. The first-order valence-corrected chi connectivity index (χ1v) is 8.44. The van der Waals surface area contributed by atoms with Gasteiger partial charge in [-0.25, -0.2) is 13.1 Å². The Morgan fingerprint density at radius 2 is 2.05 bits per heavy atom. The number of sulfonamides is 1. The molecule has 0 atom stereocenters. The van der Waals surface area contributed by atoms with E-state index in [0.29, 0.717) is 18.7 Å². The van der Waals surface area contributed by atoms with Gasteiger partial charge in [-0.3, -0.25) is 0 Å². The van der Waals surface area contributed by atoms with Gasteiger partial charge in [0.05, 0.1) is 17.3 Å². The fourth-order valence-corrected chi connectivity index (χ4v) is 3.15. The number of hydrogen-bond donors (Lipinski definition) is 2. The Balaban J connectivity index is 2.72. The molecule has 0 fully saturated rings. The van der Waals surface area contributed by atoms with E-state index in [1.165, 1.54) is 18.2 Å². The number of likely N-dealkylation sites (N-methyl/N-ethyl adjacent to an activating group) is 1. The summed E-state index contributed by atoms with van der Waals surface area (Å²) in [6, 6.07) is 6.10. The monoisotopic (exact) mass is 310 g/mol. The summed E-state index contributed by atoms with van der Waals surface area (Å²) in [4.78, 5) is 2.19. The summed E-state index contributed by atoms with van der Waals surface area (Å²) in [5.74, 6) is 0. The van der Waals surface area contributed by atoms with Crippen molar-refractivity contribution < 1.29 is 8.42 Å². The summed E-state index contributed by atoms with van der Waals surface area (Å²) in [5.41, 5.74) is 6.13. The van der Waals surface area contributed by atoms with Crippen molar-refractivity contribution in [2.24, 2.45) is 0 Å². The van der Waals surface area contributed by atoms with Gasteiger partial charge in [-0.05, 0) is 37.7 Å². The van der Waals surface area contributed by atoms with Crippen LogP contribution in [-0.4, -0.2) is 39.5 Å². The summed E-state index contributed by atoms with van der Waals surface area (Å²) < 4.78 is 26.9. The van der Waals surface area contributed by atoms with Crippen molar-refractivity contribution in [2.45, 2.75) is 25.2 Å². The number of rotatable bonds is 8. The van der Waals surface area contributed by atoms with Gasteiger partial charge in [-0.15, -0.1) is 0 Å². The van der Waals surface area contributed by atoms with E-state index in [0.717, 1.165) is 19.5 Å². The molecule has 1 aromatic rings. The summed E-state index contributed by atoms with van der Waals surface area (Å²) in [6.07, 6.45) is 1.03. The van der Waals surface area contributed by atoms with Crippen LogP contribution in [0.3, 0.4) is 0 Å². The lowest BCUT2D eigenvalue weighted by molar-refractivity contribution is 0.293. The lowest BCUT2D eigenvalue weighted by Crippen LogP contribution is -2.35. The molecule has 0 aliphatic carbocycles. The molecule has 7 heteroatoms. The van der Waals surface area contributed by atoms with Gasteiger partial charge in [0.1, 0.15) is 4.90 Å². The Bertz CT molecular complexity index is 608. The third kappa shape index (κ3) is 5.01. The molecule has 1 aromatic carbocycles. The number of benzene rings is 1. The maximum absolute atomic E-state index is 12.2. The van der Waals surface area contributed by atoms with Crippen LogP contribution in [0, 0.1) is 11.3 Å². The molecule has 0 radical (unpaired) electrons. The number of hydrogen-bond acceptors (Lipinski definition) is 5. The van der Waals surface area contributed by atoms with Crippen LogP contribution >= 0.6 is 0 Å². The fraction of sp³-hybridized carbons (Fsp3) is 0.500. The van der Waals surface area contributed by atoms with Crippen LogP contribution in [0.5, 0.6) is 0 Å². The Hall–Kier alpha value is -1.62. The SMILES string of the molecule is CCCN(CC)CCNS(=O)(=O)c1ccc(C#N)cc1N. The Morgan fingerprint density at radius 1 is 1.33 bits per heavy atom. The van der Waals surface area contributed by atoms with E-state index in [1.54, 1.807) is 0 Å². The topological polar surface area (TPSA) is 99.2 Å². The quantitative estimate of drug-likeness (QED) is 0.702. The van der Waals surface area contributed by atoms with Crippen molar-refractivity contribution in [3.05, 3.63) is 23.8 Å². The standard InChI is InChI=1S/C14H22N4O2S/c1-3-8-18(4-2)9-7-17-21(19,20)14-6-5-12(11-15)10-13(14)16/h5-6,10,17H,3-4,7-9,16H2,1-2H3. The highest BCUT2D eigenvalue weighted by molar-refractivity contribution is 7.89. The first-order valence-electron chi connectivity index (χ1n) is 6.96. The van der Waals surface area contributed by atoms with E-state index in [4.69, 9.17) is 11.0 Å². The van der Waals surface area contributed by atoms with Gasteiger partial charge in [0, 0.05) is 13.1 Å². The van der Waals surface area contributed by atoms with E-state index in [2.05, 4.69) is 16.5 Å². The minimum atomic E-state index is -3.65. The van der Waals surface area contributed by atoms with E-state index in [1.807, 2.05) is 13.0 Å². The smallest absolute Gasteiger partial charge is 0.242 e. The average molecular weight is 310 g/mol. The zero-order valence-electron chi connectivity index (χ0n) is 12.5. The van der Waals surface area contributed by atoms with Crippen LogP contribution in [-0.2, 0) is 10.0 Å². The molecule has 0 aliphatic rings. The normalized spacial score (nSPS) is 11.5. The van der Waals surface area contributed by atoms with E-state index in [-0.39, 0.29) is 10.6 Å². The molecule has 0 amide bonds. The number of nitriles is 1. The molecule has 0 saturated carbocycles. The molecule has 3 N–H and O–H groups in total. The van der Waals surface area contributed by atoms with Crippen molar-refractivity contribution in [3.63, 3.8) is 0 Å². The molecule has 0 aromatic heterocycles. The summed E-state index contributed by atoms with van der Waals surface area (Å²) >= 11 is 0. The van der Waals surface area contributed by atoms with Crippen LogP contribution in [0.1, 0.15) is 25.8 Å². The minimum Gasteiger partial charge on any atom is -0.398 e.